The third kappa shape index (κ3) is 2.18. The Morgan fingerprint density at radius 3 is 2.71 bits per heavy atom. The number of nitrogens with zero attached hydrogens (tertiary/aromatic N) is 3. The number of aryl methyl sites for hydroxylation is 2. The Morgan fingerprint density at radius 1 is 1.47 bits per heavy atom. The van der Waals surface area contributed by atoms with Crippen molar-refractivity contribution < 1.29 is 5.11 Å². The predicted molar refractivity (Wildman–Crippen MR) is 69.0 cm³/mol. The van der Waals surface area contributed by atoms with Crippen molar-refractivity contribution in [1.29, 1.82) is 0 Å². The zero-order valence-electron chi connectivity index (χ0n) is 11.3. The van der Waals surface area contributed by atoms with Crippen LogP contribution in [0.3, 0.4) is 0 Å². The smallest absolute Gasteiger partial charge is 0.132 e. The van der Waals surface area contributed by atoms with Gasteiger partial charge in [-0.1, -0.05) is 13.8 Å². The summed E-state index contributed by atoms with van der Waals surface area (Å²) in [5.74, 6) is 2.59. The number of anilines is 1. The second-order valence-electron chi connectivity index (χ2n) is 5.41. The second kappa shape index (κ2) is 4.69. The minimum Gasteiger partial charge on any atom is -0.391 e. The molecule has 0 spiro atoms. The highest BCUT2D eigenvalue weighted by Crippen LogP contribution is 2.31. The molecule has 1 unspecified atom stereocenters. The molecule has 1 aromatic rings. The standard InChI is InChI=1S/C13H23N3O/c1-9(2)11-5-6-16(7-11)13-12(8-17)10(3)14-15(13)4/h9,11,17H,5-8H2,1-4H3. The molecule has 2 heterocycles. The Kier molecular flexibility index (Phi) is 3.43. The lowest BCUT2D eigenvalue weighted by molar-refractivity contribution is 0.281. The van der Waals surface area contributed by atoms with E-state index in [1.807, 2.05) is 18.7 Å². The van der Waals surface area contributed by atoms with Crippen LogP contribution in [0.25, 0.3) is 0 Å². The molecule has 1 N–H and O–H groups in total. The molecule has 1 atom stereocenters. The van der Waals surface area contributed by atoms with Crippen LogP contribution in [-0.4, -0.2) is 28.0 Å². The summed E-state index contributed by atoms with van der Waals surface area (Å²) in [4.78, 5) is 2.37. The van der Waals surface area contributed by atoms with E-state index < -0.39 is 0 Å². The lowest BCUT2D eigenvalue weighted by Crippen LogP contribution is -2.24. The van der Waals surface area contributed by atoms with Crippen molar-refractivity contribution in [3.05, 3.63) is 11.3 Å². The van der Waals surface area contributed by atoms with E-state index in [0.717, 1.165) is 42.0 Å². The van der Waals surface area contributed by atoms with Gasteiger partial charge in [-0.05, 0) is 25.2 Å². The molecule has 4 heteroatoms. The highest BCUT2D eigenvalue weighted by molar-refractivity contribution is 5.50. The SMILES string of the molecule is Cc1nn(C)c(N2CCC(C(C)C)C2)c1CO. The number of hydrogen-bond acceptors (Lipinski definition) is 3. The Labute approximate surface area is 103 Å². The van der Waals surface area contributed by atoms with Gasteiger partial charge in [-0.15, -0.1) is 0 Å². The molecule has 1 aliphatic rings. The lowest BCUT2D eigenvalue weighted by Gasteiger charge is -2.21. The third-order valence-corrected chi connectivity index (χ3v) is 3.94. The lowest BCUT2D eigenvalue weighted by atomic mass is 9.95. The van der Waals surface area contributed by atoms with Crippen LogP contribution >= 0.6 is 0 Å². The normalized spacial score (nSPS) is 20.6. The van der Waals surface area contributed by atoms with E-state index in [1.165, 1.54) is 6.42 Å². The van der Waals surface area contributed by atoms with Crippen LogP contribution in [-0.2, 0) is 13.7 Å². The van der Waals surface area contributed by atoms with Gasteiger partial charge in [0.15, 0.2) is 0 Å². The molecule has 96 valence electrons. The van der Waals surface area contributed by atoms with Gasteiger partial charge in [-0.3, -0.25) is 4.68 Å². The summed E-state index contributed by atoms with van der Waals surface area (Å²) in [5, 5.41) is 13.9. The Bertz CT molecular complexity index is 398. The largest absolute Gasteiger partial charge is 0.391 e. The fourth-order valence-corrected chi connectivity index (χ4v) is 2.79. The van der Waals surface area contributed by atoms with Gasteiger partial charge in [0.2, 0.25) is 0 Å². The molecule has 0 saturated carbocycles. The Hall–Kier alpha value is -1.03. The quantitative estimate of drug-likeness (QED) is 0.870. The molecule has 2 rings (SSSR count). The van der Waals surface area contributed by atoms with E-state index in [0.29, 0.717) is 0 Å². The minimum absolute atomic E-state index is 0.0812. The summed E-state index contributed by atoms with van der Waals surface area (Å²) in [7, 11) is 1.96. The molecule has 0 aromatic carbocycles. The van der Waals surface area contributed by atoms with Crippen LogP contribution in [0.1, 0.15) is 31.5 Å². The minimum atomic E-state index is 0.0812. The first-order valence-electron chi connectivity index (χ1n) is 6.42. The highest BCUT2D eigenvalue weighted by atomic mass is 16.3. The average molecular weight is 237 g/mol. The van der Waals surface area contributed by atoms with Crippen molar-refractivity contribution >= 4 is 5.82 Å². The second-order valence-corrected chi connectivity index (χ2v) is 5.41. The van der Waals surface area contributed by atoms with Gasteiger partial charge in [0.05, 0.1) is 12.3 Å². The molecule has 0 aliphatic carbocycles. The van der Waals surface area contributed by atoms with Crippen molar-refractivity contribution in [1.82, 2.24) is 9.78 Å². The molecule has 1 aromatic heterocycles. The Morgan fingerprint density at radius 2 is 2.18 bits per heavy atom. The molecule has 4 nitrogen and oxygen atoms in total. The molecule has 17 heavy (non-hydrogen) atoms. The van der Waals surface area contributed by atoms with E-state index in [2.05, 4.69) is 23.8 Å². The van der Waals surface area contributed by atoms with Gasteiger partial charge in [-0.2, -0.15) is 5.10 Å². The summed E-state index contributed by atoms with van der Waals surface area (Å²) in [6.07, 6.45) is 1.24. The Balaban J connectivity index is 2.24. The average Bonchev–Trinajstić information content (AvgIpc) is 2.82. The van der Waals surface area contributed by atoms with E-state index in [-0.39, 0.29) is 6.61 Å². The monoisotopic (exact) mass is 237 g/mol. The van der Waals surface area contributed by atoms with Gasteiger partial charge < -0.3 is 10.0 Å². The predicted octanol–water partition coefficient (Wildman–Crippen LogP) is 1.70. The summed E-state index contributed by atoms with van der Waals surface area (Å²) < 4.78 is 1.91. The van der Waals surface area contributed by atoms with Crippen LogP contribution in [0, 0.1) is 18.8 Å². The molecule has 0 amide bonds. The molecule has 1 fully saturated rings. The van der Waals surface area contributed by atoms with Gasteiger partial charge in [0.25, 0.3) is 0 Å². The van der Waals surface area contributed by atoms with Crippen LogP contribution in [0.15, 0.2) is 0 Å². The maximum absolute atomic E-state index is 9.47. The number of hydrogen-bond donors (Lipinski definition) is 1. The van der Waals surface area contributed by atoms with E-state index >= 15 is 0 Å². The number of aliphatic hydroxyl groups is 1. The first-order chi connectivity index (χ1) is 8.04. The maximum Gasteiger partial charge on any atom is 0.132 e. The molecular weight excluding hydrogens is 214 g/mol. The topological polar surface area (TPSA) is 41.3 Å². The molecule has 1 saturated heterocycles. The molecule has 0 radical (unpaired) electrons. The summed E-state index contributed by atoms with van der Waals surface area (Å²) in [6, 6.07) is 0. The number of aliphatic hydroxyl groups excluding tert-OH is 1. The summed E-state index contributed by atoms with van der Waals surface area (Å²) in [6.45, 7) is 8.78. The number of aromatic nitrogens is 2. The first kappa shape index (κ1) is 12.4. The van der Waals surface area contributed by atoms with Gasteiger partial charge >= 0.3 is 0 Å². The molecule has 0 bridgehead atoms. The van der Waals surface area contributed by atoms with Crippen molar-refractivity contribution in [3.8, 4) is 0 Å². The van der Waals surface area contributed by atoms with Crippen molar-refractivity contribution in [2.45, 2.75) is 33.8 Å². The fraction of sp³-hybridized carbons (Fsp3) is 0.769. The van der Waals surface area contributed by atoms with Crippen LogP contribution in [0.5, 0.6) is 0 Å². The van der Waals surface area contributed by atoms with E-state index in [1.54, 1.807) is 0 Å². The van der Waals surface area contributed by atoms with Crippen LogP contribution in [0.4, 0.5) is 5.82 Å². The zero-order chi connectivity index (χ0) is 12.6. The van der Waals surface area contributed by atoms with Gasteiger partial charge in [-0.25, -0.2) is 0 Å². The van der Waals surface area contributed by atoms with Crippen LogP contribution in [0.2, 0.25) is 0 Å². The fourth-order valence-electron chi connectivity index (χ4n) is 2.79. The van der Waals surface area contributed by atoms with Gasteiger partial charge in [0.1, 0.15) is 5.82 Å². The maximum atomic E-state index is 9.47. The first-order valence-corrected chi connectivity index (χ1v) is 6.42. The molecule has 1 aliphatic heterocycles. The van der Waals surface area contributed by atoms with Crippen LogP contribution < -0.4 is 4.90 Å². The van der Waals surface area contributed by atoms with Gasteiger partial charge in [0, 0.05) is 25.7 Å². The number of rotatable bonds is 3. The van der Waals surface area contributed by atoms with E-state index in [9.17, 15) is 5.11 Å². The molecular formula is C13H23N3O. The van der Waals surface area contributed by atoms with Crippen molar-refractivity contribution in [2.24, 2.45) is 18.9 Å². The highest BCUT2D eigenvalue weighted by Gasteiger charge is 2.28. The summed E-state index contributed by atoms with van der Waals surface area (Å²) >= 11 is 0. The zero-order valence-corrected chi connectivity index (χ0v) is 11.3. The van der Waals surface area contributed by atoms with Crippen molar-refractivity contribution in [3.63, 3.8) is 0 Å². The summed E-state index contributed by atoms with van der Waals surface area (Å²) in [5.41, 5.74) is 1.93. The van der Waals surface area contributed by atoms with Crippen molar-refractivity contribution in [2.75, 3.05) is 18.0 Å². The third-order valence-electron chi connectivity index (χ3n) is 3.94. The van der Waals surface area contributed by atoms with E-state index in [4.69, 9.17) is 0 Å².